The van der Waals surface area contributed by atoms with Gasteiger partial charge in [-0.2, -0.15) is 0 Å². The van der Waals surface area contributed by atoms with E-state index in [4.69, 9.17) is 16.3 Å². The summed E-state index contributed by atoms with van der Waals surface area (Å²) in [6.07, 6.45) is 1.42. The molecule has 3 rings (SSSR count). The van der Waals surface area contributed by atoms with Crippen LogP contribution in [0.15, 0.2) is 47.6 Å². The van der Waals surface area contributed by atoms with Crippen LogP contribution in [-0.2, 0) is 15.3 Å². The lowest BCUT2D eigenvalue weighted by Gasteiger charge is -2.09. The van der Waals surface area contributed by atoms with Gasteiger partial charge >= 0.3 is 5.97 Å². The van der Waals surface area contributed by atoms with Crippen LogP contribution >= 0.6 is 35.1 Å². The van der Waals surface area contributed by atoms with Gasteiger partial charge in [-0.1, -0.05) is 53.3 Å². The molecule has 1 aliphatic heterocycles. The molecule has 140 valence electrons. The average Bonchev–Trinajstić information content (AvgIpc) is 3.20. The fourth-order valence-corrected chi connectivity index (χ4v) is 4.35. The maximum Gasteiger partial charge on any atom is 0.338 e. The number of pyridine rings is 1. The first-order valence-electron chi connectivity index (χ1n) is 8.08. The van der Waals surface area contributed by atoms with Crippen molar-refractivity contribution < 1.29 is 14.3 Å². The minimum Gasteiger partial charge on any atom is -0.452 e. The highest BCUT2D eigenvalue weighted by Gasteiger charge is 2.16. The Hall–Kier alpha value is -2.03. The largest absolute Gasteiger partial charge is 0.452 e. The number of ether oxygens (including phenoxy) is 1. The van der Waals surface area contributed by atoms with Crippen molar-refractivity contribution in [1.29, 1.82) is 0 Å². The quantitative estimate of drug-likeness (QED) is 0.713. The van der Waals surface area contributed by atoms with E-state index in [2.05, 4.69) is 15.3 Å². The van der Waals surface area contributed by atoms with Gasteiger partial charge in [0.05, 0.1) is 17.1 Å². The number of aromatic nitrogens is 1. The van der Waals surface area contributed by atoms with Crippen LogP contribution in [0.4, 0.5) is 5.82 Å². The summed E-state index contributed by atoms with van der Waals surface area (Å²) in [6.45, 7) is 0.446. The molecule has 1 N–H and O–H groups in total. The SMILES string of the molecule is O=C(COC(=O)c1ccccc1CSC1=NCCS1)Nc1ccc(Cl)cn1. The summed E-state index contributed by atoms with van der Waals surface area (Å²) < 4.78 is 6.18. The van der Waals surface area contributed by atoms with Crippen molar-refractivity contribution in [3.05, 3.63) is 58.7 Å². The van der Waals surface area contributed by atoms with Crippen LogP contribution in [-0.4, -0.2) is 40.1 Å². The number of carbonyl (C=O) groups excluding carboxylic acids is 2. The van der Waals surface area contributed by atoms with E-state index in [1.165, 1.54) is 6.20 Å². The normalized spacial score (nSPS) is 13.1. The topological polar surface area (TPSA) is 80.7 Å². The van der Waals surface area contributed by atoms with Gasteiger partial charge in [0.2, 0.25) is 0 Å². The highest BCUT2D eigenvalue weighted by atomic mass is 35.5. The van der Waals surface area contributed by atoms with E-state index in [1.807, 2.05) is 12.1 Å². The van der Waals surface area contributed by atoms with Gasteiger partial charge in [0.15, 0.2) is 6.61 Å². The second kappa shape index (κ2) is 9.77. The Bertz CT molecular complexity index is 859. The lowest BCUT2D eigenvalue weighted by atomic mass is 10.1. The molecule has 0 fully saturated rings. The fourth-order valence-electron chi connectivity index (χ4n) is 2.23. The molecule has 1 aromatic heterocycles. The van der Waals surface area contributed by atoms with Gasteiger partial charge in [-0.05, 0) is 23.8 Å². The van der Waals surface area contributed by atoms with E-state index in [0.29, 0.717) is 22.2 Å². The van der Waals surface area contributed by atoms with E-state index in [0.717, 1.165) is 22.2 Å². The van der Waals surface area contributed by atoms with E-state index >= 15 is 0 Å². The standard InChI is InChI=1S/C18H16ClN3O3S2/c19-13-5-6-15(21-9-13)22-16(23)10-25-17(24)14-4-2-1-3-12(14)11-27-18-20-7-8-26-18/h1-6,9H,7-8,10-11H2,(H,21,22,23). The zero-order chi connectivity index (χ0) is 19.1. The number of aliphatic imine (C=N–C) groups is 1. The Morgan fingerprint density at radius 3 is 2.85 bits per heavy atom. The zero-order valence-electron chi connectivity index (χ0n) is 14.2. The van der Waals surface area contributed by atoms with Gasteiger partial charge in [-0.3, -0.25) is 9.79 Å². The molecule has 0 saturated heterocycles. The summed E-state index contributed by atoms with van der Waals surface area (Å²) >= 11 is 9.07. The molecule has 0 radical (unpaired) electrons. The molecule has 0 unspecified atom stereocenters. The van der Waals surface area contributed by atoms with Gasteiger partial charge in [0.25, 0.3) is 5.91 Å². The Morgan fingerprint density at radius 1 is 1.26 bits per heavy atom. The second-order valence-corrected chi connectivity index (χ2v) is 8.17. The number of hydrogen-bond donors (Lipinski definition) is 1. The third-order valence-electron chi connectivity index (χ3n) is 3.48. The van der Waals surface area contributed by atoms with Gasteiger partial charge in [0, 0.05) is 17.7 Å². The molecule has 2 heterocycles. The first kappa shape index (κ1) is 19.7. The number of nitrogens with one attached hydrogen (secondary N) is 1. The summed E-state index contributed by atoms with van der Waals surface area (Å²) in [4.78, 5) is 32.7. The number of halogens is 1. The number of esters is 1. The molecule has 1 aromatic carbocycles. The van der Waals surface area contributed by atoms with Gasteiger partial charge < -0.3 is 10.1 Å². The number of carbonyl (C=O) groups is 2. The van der Waals surface area contributed by atoms with Crippen LogP contribution in [0.1, 0.15) is 15.9 Å². The van der Waals surface area contributed by atoms with E-state index in [-0.39, 0.29) is 0 Å². The number of thioether (sulfide) groups is 2. The molecule has 2 aromatic rings. The zero-order valence-corrected chi connectivity index (χ0v) is 16.6. The van der Waals surface area contributed by atoms with Crippen LogP contribution in [0, 0.1) is 0 Å². The van der Waals surface area contributed by atoms with Crippen molar-refractivity contribution in [3.63, 3.8) is 0 Å². The van der Waals surface area contributed by atoms with Crippen molar-refractivity contribution >= 4 is 57.2 Å². The molecule has 0 saturated carbocycles. The maximum absolute atomic E-state index is 12.4. The number of benzene rings is 1. The molecule has 0 bridgehead atoms. The molecular formula is C18H16ClN3O3S2. The molecule has 0 atom stereocenters. The van der Waals surface area contributed by atoms with Gasteiger partial charge in [-0.15, -0.1) is 0 Å². The van der Waals surface area contributed by atoms with E-state index in [9.17, 15) is 9.59 Å². The van der Waals surface area contributed by atoms with Crippen molar-refractivity contribution in [3.8, 4) is 0 Å². The number of rotatable bonds is 6. The number of amides is 1. The minimum atomic E-state index is -0.536. The van der Waals surface area contributed by atoms with Gasteiger partial charge in [-0.25, -0.2) is 9.78 Å². The number of hydrogen-bond acceptors (Lipinski definition) is 7. The van der Waals surface area contributed by atoms with Crippen LogP contribution in [0.25, 0.3) is 0 Å². The summed E-state index contributed by atoms with van der Waals surface area (Å²) in [6, 6.07) is 10.4. The lowest BCUT2D eigenvalue weighted by molar-refractivity contribution is -0.119. The Morgan fingerprint density at radius 2 is 2.11 bits per heavy atom. The molecule has 6 nitrogen and oxygen atoms in total. The fraction of sp³-hybridized carbons (Fsp3) is 0.222. The summed E-state index contributed by atoms with van der Waals surface area (Å²) in [5.41, 5.74) is 1.30. The molecule has 1 aliphatic rings. The molecule has 27 heavy (non-hydrogen) atoms. The third-order valence-corrected chi connectivity index (χ3v) is 6.00. The Kier molecular flexibility index (Phi) is 7.14. The average molecular weight is 422 g/mol. The highest BCUT2D eigenvalue weighted by Crippen LogP contribution is 2.26. The number of anilines is 1. The van der Waals surface area contributed by atoms with Crippen LogP contribution in [0.3, 0.4) is 0 Å². The summed E-state index contributed by atoms with van der Waals surface area (Å²) in [7, 11) is 0. The molecule has 1 amide bonds. The molecule has 0 spiro atoms. The molecule has 9 heteroatoms. The van der Waals surface area contributed by atoms with E-state index in [1.54, 1.807) is 47.8 Å². The molecule has 0 aliphatic carbocycles. The predicted molar refractivity (Wildman–Crippen MR) is 111 cm³/mol. The number of nitrogens with zero attached hydrogens (tertiary/aromatic N) is 2. The van der Waals surface area contributed by atoms with Crippen LogP contribution < -0.4 is 5.32 Å². The lowest BCUT2D eigenvalue weighted by Crippen LogP contribution is -2.21. The minimum absolute atomic E-state index is 0.340. The third kappa shape index (κ3) is 5.98. The monoisotopic (exact) mass is 421 g/mol. The maximum atomic E-state index is 12.4. The smallest absolute Gasteiger partial charge is 0.338 e. The van der Waals surface area contributed by atoms with E-state index < -0.39 is 18.5 Å². The highest BCUT2D eigenvalue weighted by molar-refractivity contribution is 8.38. The van der Waals surface area contributed by atoms with Crippen molar-refractivity contribution in [2.45, 2.75) is 5.75 Å². The van der Waals surface area contributed by atoms with Gasteiger partial charge in [0.1, 0.15) is 10.2 Å². The second-order valence-electron chi connectivity index (χ2n) is 5.43. The summed E-state index contributed by atoms with van der Waals surface area (Å²) in [5, 5.41) is 3.01. The van der Waals surface area contributed by atoms with Crippen LogP contribution in [0.2, 0.25) is 5.02 Å². The van der Waals surface area contributed by atoms with Crippen molar-refractivity contribution in [1.82, 2.24) is 4.98 Å². The Labute approximate surface area is 170 Å². The first-order valence-corrected chi connectivity index (χ1v) is 10.4. The molecular weight excluding hydrogens is 406 g/mol. The first-order chi connectivity index (χ1) is 13.1. The Balaban J connectivity index is 1.54. The predicted octanol–water partition coefficient (Wildman–Crippen LogP) is 3.87. The summed E-state index contributed by atoms with van der Waals surface area (Å²) in [5.74, 6) is 0.960. The van der Waals surface area contributed by atoms with Crippen molar-refractivity contribution in [2.24, 2.45) is 4.99 Å². The van der Waals surface area contributed by atoms with Crippen LogP contribution in [0.5, 0.6) is 0 Å². The van der Waals surface area contributed by atoms with Crippen molar-refractivity contribution in [2.75, 3.05) is 24.2 Å².